The minimum atomic E-state index is -3.00. The van der Waals surface area contributed by atoms with Gasteiger partial charge in [0.15, 0.2) is 9.84 Å². The van der Waals surface area contributed by atoms with Crippen molar-refractivity contribution in [2.75, 3.05) is 12.3 Å². The predicted octanol–water partition coefficient (Wildman–Crippen LogP) is 1.40. The molecule has 1 aromatic heterocycles. The average Bonchev–Trinajstić information content (AvgIpc) is 3.00. The van der Waals surface area contributed by atoms with Crippen molar-refractivity contribution in [3.05, 3.63) is 36.0 Å². The van der Waals surface area contributed by atoms with Crippen LogP contribution >= 0.6 is 0 Å². The van der Waals surface area contributed by atoms with Crippen molar-refractivity contribution in [2.24, 2.45) is 0 Å². The molecule has 1 atom stereocenters. The van der Waals surface area contributed by atoms with Gasteiger partial charge in [-0.1, -0.05) is 18.2 Å². The van der Waals surface area contributed by atoms with Crippen LogP contribution in [0.3, 0.4) is 0 Å². The number of benzene rings is 1. The Hall–Kier alpha value is -1.82. The molecule has 5 nitrogen and oxygen atoms in total. The van der Waals surface area contributed by atoms with E-state index in [1.807, 2.05) is 30.5 Å². The number of amides is 1. The summed E-state index contributed by atoms with van der Waals surface area (Å²) in [5.74, 6) is 0.109. The van der Waals surface area contributed by atoms with Crippen molar-refractivity contribution in [1.29, 1.82) is 0 Å². The number of aromatic nitrogens is 1. The quantitative estimate of drug-likeness (QED) is 0.896. The first-order valence-electron chi connectivity index (χ1n) is 7.09. The zero-order valence-corrected chi connectivity index (χ0v) is 12.4. The van der Waals surface area contributed by atoms with Crippen molar-refractivity contribution in [3.8, 4) is 0 Å². The maximum atomic E-state index is 12.0. The van der Waals surface area contributed by atoms with Crippen LogP contribution in [0.15, 0.2) is 30.5 Å². The van der Waals surface area contributed by atoms with Crippen LogP contribution in [0, 0.1) is 0 Å². The highest BCUT2D eigenvalue weighted by Gasteiger charge is 2.31. The fraction of sp³-hybridized carbons (Fsp3) is 0.400. The van der Waals surface area contributed by atoms with Crippen LogP contribution in [0.4, 0.5) is 0 Å². The Bertz CT molecular complexity index is 764. The standard InChI is InChI=1S/C15H18N2O3S/c18-15(17-10-12-4-3-7-21(12,19)20)8-11-9-16-14-6-2-1-5-13(11)14/h1-2,5-6,9,12,16H,3-4,7-8,10H2,(H,17,18). The second-order valence-corrected chi connectivity index (χ2v) is 7.87. The highest BCUT2D eigenvalue weighted by atomic mass is 32.2. The first-order valence-corrected chi connectivity index (χ1v) is 8.81. The summed E-state index contributed by atoms with van der Waals surface area (Å²) in [5, 5.41) is 3.37. The van der Waals surface area contributed by atoms with Gasteiger partial charge in [0.05, 0.1) is 17.4 Å². The summed E-state index contributed by atoms with van der Waals surface area (Å²) in [6.07, 6.45) is 3.44. The topological polar surface area (TPSA) is 79.0 Å². The monoisotopic (exact) mass is 306 g/mol. The van der Waals surface area contributed by atoms with Gasteiger partial charge in [-0.3, -0.25) is 4.79 Å². The first kappa shape index (κ1) is 14.1. The number of sulfone groups is 1. The minimum Gasteiger partial charge on any atom is -0.361 e. The second-order valence-electron chi connectivity index (χ2n) is 5.47. The lowest BCUT2D eigenvalue weighted by Crippen LogP contribution is -2.35. The number of rotatable bonds is 4. The number of nitrogens with one attached hydrogen (secondary N) is 2. The van der Waals surface area contributed by atoms with E-state index < -0.39 is 15.1 Å². The molecule has 112 valence electrons. The summed E-state index contributed by atoms with van der Waals surface area (Å²) in [7, 11) is -3.00. The zero-order chi connectivity index (χ0) is 14.9. The second kappa shape index (κ2) is 5.52. The molecule has 0 radical (unpaired) electrons. The molecule has 2 aromatic rings. The number of carbonyl (C=O) groups is 1. The number of hydrogen-bond acceptors (Lipinski definition) is 3. The average molecular weight is 306 g/mol. The van der Waals surface area contributed by atoms with Gasteiger partial charge in [0.2, 0.25) is 5.91 Å². The maximum Gasteiger partial charge on any atom is 0.224 e. The van der Waals surface area contributed by atoms with Gasteiger partial charge in [-0.2, -0.15) is 0 Å². The minimum absolute atomic E-state index is 0.137. The summed E-state index contributed by atoms with van der Waals surface area (Å²) >= 11 is 0. The fourth-order valence-corrected chi connectivity index (χ4v) is 4.59. The summed E-state index contributed by atoms with van der Waals surface area (Å²) in [6, 6.07) is 7.80. The summed E-state index contributed by atoms with van der Waals surface area (Å²) in [5.41, 5.74) is 1.93. The molecule has 1 fully saturated rings. The maximum absolute atomic E-state index is 12.0. The largest absolute Gasteiger partial charge is 0.361 e. The number of H-pyrrole nitrogens is 1. The van der Waals surface area contributed by atoms with E-state index >= 15 is 0 Å². The number of carbonyl (C=O) groups excluding carboxylic acids is 1. The number of fused-ring (bicyclic) bond motifs is 1. The van der Waals surface area contributed by atoms with Crippen LogP contribution in [0.2, 0.25) is 0 Å². The van der Waals surface area contributed by atoms with Crippen LogP contribution in [0.5, 0.6) is 0 Å². The van der Waals surface area contributed by atoms with Crippen LogP contribution in [-0.2, 0) is 21.1 Å². The lowest BCUT2D eigenvalue weighted by Gasteiger charge is -2.10. The first-order chi connectivity index (χ1) is 10.1. The molecule has 1 saturated heterocycles. The molecular weight excluding hydrogens is 288 g/mol. The summed E-state index contributed by atoms with van der Waals surface area (Å²) in [4.78, 5) is 15.1. The van der Waals surface area contributed by atoms with E-state index in [1.165, 1.54) is 0 Å². The van der Waals surface area contributed by atoms with E-state index in [0.29, 0.717) is 12.8 Å². The van der Waals surface area contributed by atoms with Gasteiger partial charge in [0, 0.05) is 23.6 Å². The molecule has 3 rings (SSSR count). The van der Waals surface area contributed by atoms with Gasteiger partial charge in [-0.15, -0.1) is 0 Å². The lowest BCUT2D eigenvalue weighted by molar-refractivity contribution is -0.120. The van der Waals surface area contributed by atoms with E-state index in [-0.39, 0.29) is 24.6 Å². The van der Waals surface area contributed by atoms with E-state index in [1.54, 1.807) is 0 Å². The Kier molecular flexibility index (Phi) is 3.71. The molecule has 0 spiro atoms. The van der Waals surface area contributed by atoms with Crippen LogP contribution in [0.25, 0.3) is 10.9 Å². The summed E-state index contributed by atoms with van der Waals surface area (Å²) in [6.45, 7) is 0.226. The zero-order valence-electron chi connectivity index (χ0n) is 11.6. The van der Waals surface area contributed by atoms with Crippen molar-refractivity contribution in [2.45, 2.75) is 24.5 Å². The Morgan fingerprint density at radius 2 is 2.14 bits per heavy atom. The molecule has 6 heteroatoms. The molecule has 1 aromatic carbocycles. The molecule has 0 aliphatic carbocycles. The van der Waals surface area contributed by atoms with Crippen LogP contribution in [-0.4, -0.2) is 36.9 Å². The van der Waals surface area contributed by atoms with Crippen molar-refractivity contribution < 1.29 is 13.2 Å². The Morgan fingerprint density at radius 3 is 2.90 bits per heavy atom. The van der Waals surface area contributed by atoms with E-state index in [2.05, 4.69) is 10.3 Å². The Labute approximate surface area is 123 Å². The Morgan fingerprint density at radius 1 is 1.33 bits per heavy atom. The highest BCUT2D eigenvalue weighted by Crippen LogP contribution is 2.20. The van der Waals surface area contributed by atoms with Gasteiger partial charge in [-0.25, -0.2) is 8.42 Å². The van der Waals surface area contributed by atoms with E-state index in [9.17, 15) is 13.2 Å². The SMILES string of the molecule is O=C(Cc1c[nH]c2ccccc12)NCC1CCCS1(=O)=O. The molecule has 1 amide bonds. The van der Waals surface area contributed by atoms with Gasteiger partial charge < -0.3 is 10.3 Å². The summed E-state index contributed by atoms with van der Waals surface area (Å²) < 4.78 is 23.4. The molecule has 21 heavy (non-hydrogen) atoms. The van der Waals surface area contributed by atoms with Crippen LogP contribution < -0.4 is 5.32 Å². The fourth-order valence-electron chi connectivity index (χ4n) is 2.83. The van der Waals surface area contributed by atoms with Crippen LogP contribution in [0.1, 0.15) is 18.4 Å². The molecule has 1 unspecified atom stereocenters. The number of hydrogen-bond donors (Lipinski definition) is 2. The molecule has 1 aliphatic rings. The molecule has 2 heterocycles. The van der Waals surface area contributed by atoms with Crippen molar-refractivity contribution in [1.82, 2.24) is 10.3 Å². The number of aromatic amines is 1. The van der Waals surface area contributed by atoms with E-state index in [0.717, 1.165) is 16.5 Å². The normalized spacial score (nSPS) is 20.7. The molecule has 1 aliphatic heterocycles. The predicted molar refractivity (Wildman–Crippen MR) is 81.8 cm³/mol. The van der Waals surface area contributed by atoms with Gasteiger partial charge in [0.25, 0.3) is 0 Å². The van der Waals surface area contributed by atoms with Crippen molar-refractivity contribution >= 4 is 26.6 Å². The van der Waals surface area contributed by atoms with E-state index in [4.69, 9.17) is 0 Å². The third kappa shape index (κ3) is 2.95. The third-order valence-electron chi connectivity index (χ3n) is 4.02. The van der Waals surface area contributed by atoms with Gasteiger partial charge >= 0.3 is 0 Å². The highest BCUT2D eigenvalue weighted by molar-refractivity contribution is 7.92. The van der Waals surface area contributed by atoms with Gasteiger partial charge in [0.1, 0.15) is 0 Å². The Balaban J connectivity index is 1.62. The smallest absolute Gasteiger partial charge is 0.224 e. The van der Waals surface area contributed by atoms with Crippen molar-refractivity contribution in [3.63, 3.8) is 0 Å². The number of para-hydroxylation sites is 1. The lowest BCUT2D eigenvalue weighted by atomic mass is 10.1. The molecule has 2 N–H and O–H groups in total. The third-order valence-corrected chi connectivity index (χ3v) is 6.29. The molecular formula is C15H18N2O3S. The molecule has 0 saturated carbocycles. The van der Waals surface area contributed by atoms with Gasteiger partial charge in [-0.05, 0) is 24.5 Å². The molecule has 0 bridgehead atoms.